The normalized spacial score (nSPS) is 13.2. The minimum atomic E-state index is -1.26. The molecule has 0 bridgehead atoms. The molecule has 0 aliphatic heterocycles. The van der Waals surface area contributed by atoms with Crippen LogP contribution in [-0.4, -0.2) is 85.3 Å². The van der Waals surface area contributed by atoms with Crippen LogP contribution in [-0.2, 0) is 5.50 Å². The second-order valence-corrected chi connectivity index (χ2v) is 17.9. The zero-order valence-corrected chi connectivity index (χ0v) is 36.0. The van der Waals surface area contributed by atoms with Crippen LogP contribution in [0.3, 0.4) is 0 Å². The Morgan fingerprint density at radius 2 is 1.05 bits per heavy atom. The number of benzene rings is 8. The second kappa shape index (κ2) is 13.8. The molecular weight excluding hydrogens is 722 g/mol. The van der Waals surface area contributed by atoms with Crippen molar-refractivity contribution in [3.8, 4) is 39.1 Å². The largest absolute Gasteiger partial charge is 0.456 e. The minimum absolute atomic E-state index is 0.500. The van der Waals surface area contributed by atoms with Gasteiger partial charge in [0, 0.05) is 16.3 Å². The Balaban J connectivity index is 1.38. The minimum Gasteiger partial charge on any atom is -0.456 e. The van der Waals surface area contributed by atoms with Crippen molar-refractivity contribution >= 4 is 152 Å². The van der Waals surface area contributed by atoms with Crippen LogP contribution in [0.4, 0.5) is 0 Å². The van der Waals surface area contributed by atoms with Gasteiger partial charge in [-0.25, -0.2) is 4.98 Å². The van der Waals surface area contributed by atoms with Crippen LogP contribution >= 0.6 is 0 Å². The molecule has 60 heavy (non-hydrogen) atoms. The first-order valence-electron chi connectivity index (χ1n) is 21.0. The molecule has 1 atom stereocenters. The average molecular weight is 763 g/mol. The van der Waals surface area contributed by atoms with Gasteiger partial charge >= 0.3 is 0 Å². The fourth-order valence-electron chi connectivity index (χ4n) is 9.64. The van der Waals surface area contributed by atoms with Gasteiger partial charge in [-0.05, 0) is 85.8 Å². The fraction of sp³-hybridized carbons (Fsp3) is 0.0426. The van der Waals surface area contributed by atoms with E-state index in [0.29, 0.717) is 5.82 Å². The van der Waals surface area contributed by atoms with Crippen LogP contribution in [0.1, 0.15) is 5.82 Å². The van der Waals surface area contributed by atoms with Gasteiger partial charge in [-0.1, -0.05) is 113 Å². The quantitative estimate of drug-likeness (QED) is 0.180. The Morgan fingerprint density at radius 3 is 1.77 bits per heavy atom. The molecule has 0 spiro atoms. The molecule has 1 N–H and O–H groups in total. The highest BCUT2D eigenvalue weighted by atomic mass is 16.3. The lowest BCUT2D eigenvalue weighted by Gasteiger charge is -2.37. The van der Waals surface area contributed by atoms with Crippen molar-refractivity contribution in [1.82, 2.24) is 9.55 Å². The lowest BCUT2D eigenvalue weighted by atomic mass is 9.32. The van der Waals surface area contributed by atoms with E-state index in [1.54, 1.807) is 0 Å². The van der Waals surface area contributed by atoms with E-state index in [2.05, 4.69) is 183 Å². The predicted molar refractivity (Wildman–Crippen MR) is 281 cm³/mol. The van der Waals surface area contributed by atoms with Gasteiger partial charge in [-0.3, -0.25) is 4.57 Å². The van der Waals surface area contributed by atoms with Gasteiger partial charge in [0.05, 0.1) is 45.8 Å². The first kappa shape index (κ1) is 38.3. The van der Waals surface area contributed by atoms with Crippen molar-refractivity contribution in [3.05, 3.63) is 139 Å². The number of furan rings is 1. The predicted octanol–water partition coefficient (Wildman–Crippen LogP) is -0.724. The highest BCUT2D eigenvalue weighted by molar-refractivity contribution is 6.68. The average Bonchev–Trinajstić information content (AvgIpc) is 3.83. The van der Waals surface area contributed by atoms with Crippen LogP contribution in [0.25, 0.3) is 93.6 Å². The molecule has 1 unspecified atom stereocenters. The molecular formula is C47H41B9N2O2. The van der Waals surface area contributed by atoms with Crippen molar-refractivity contribution in [2.75, 3.05) is 0 Å². The first-order chi connectivity index (χ1) is 28.8. The van der Waals surface area contributed by atoms with Gasteiger partial charge in [0.15, 0.2) is 7.85 Å². The Labute approximate surface area is 358 Å². The molecule has 10 rings (SSSR count). The summed E-state index contributed by atoms with van der Waals surface area (Å²) < 4.78 is 8.72. The topological polar surface area (TPSA) is 51.2 Å². The molecule has 8 aromatic carbocycles. The van der Waals surface area contributed by atoms with E-state index in [-0.39, 0.29) is 0 Å². The standard InChI is InChI=1S/C47H41B9N2O2/c48-40-36(41(49)43(51)44(52)42(40)50)23-20-21-26-30(22-23)38(29-14-9-19-35-39(29)28-13-4-8-18-34(28)60-35)25-11-2-1-10-24(25)37(26)27-12-3-6-16-32(27)58-33-17-7-5-15-31(33)57-45(58)46(53,59)47(54,55)56/h1-22,59H,48-56H2. The number of hydrogen-bond donors (Lipinski definition) is 1. The molecule has 0 fully saturated rings. The van der Waals surface area contributed by atoms with Crippen LogP contribution in [0, 0.1) is 0 Å². The Bertz CT molecular complexity index is 3390. The Hall–Kier alpha value is -5.91. The summed E-state index contributed by atoms with van der Waals surface area (Å²) in [6.45, 7) is 0. The lowest BCUT2D eigenvalue weighted by molar-refractivity contribution is 0.118. The first-order valence-corrected chi connectivity index (χ1v) is 21.0. The van der Waals surface area contributed by atoms with E-state index < -0.39 is 10.6 Å². The number of aromatic nitrogens is 2. The van der Waals surface area contributed by atoms with E-state index in [4.69, 9.17) is 9.40 Å². The lowest BCUT2D eigenvalue weighted by Crippen LogP contribution is -2.55. The number of fused-ring (bicyclic) bond motifs is 6. The number of para-hydroxylation sites is 4. The van der Waals surface area contributed by atoms with E-state index in [1.807, 2.05) is 26.0 Å². The molecule has 13 heteroatoms. The fourth-order valence-corrected chi connectivity index (χ4v) is 9.64. The smallest absolute Gasteiger partial charge is 0.150 e. The molecule has 278 valence electrons. The maximum absolute atomic E-state index is 12.4. The van der Waals surface area contributed by atoms with Gasteiger partial charge in [0.2, 0.25) is 0 Å². The number of aliphatic hydroxyl groups is 1. The van der Waals surface area contributed by atoms with Crippen molar-refractivity contribution < 1.29 is 9.52 Å². The van der Waals surface area contributed by atoms with Crippen LogP contribution in [0.15, 0.2) is 138 Å². The SMILES string of the molecule is Bc1c(B)c(B)c(-c2ccc3c(-c4ccccc4-n4c(C(B)(O)C(B)(B)B)nc5ccccc54)c4ccccc4c(-c4cccc5oc6ccccc6c45)c3c2)c(B)c1B. The molecule has 0 amide bonds. The maximum atomic E-state index is 12.4. The number of imidazole rings is 1. The molecule has 2 heterocycles. The summed E-state index contributed by atoms with van der Waals surface area (Å²) in [6, 6.07) is 47.7. The van der Waals surface area contributed by atoms with Gasteiger partial charge in [-0.2, -0.15) is 0 Å². The zero-order valence-electron chi connectivity index (χ0n) is 36.0. The summed E-state index contributed by atoms with van der Waals surface area (Å²) in [7, 11) is 19.4. The third-order valence-electron chi connectivity index (χ3n) is 13.9. The second-order valence-electron chi connectivity index (χ2n) is 17.9. The van der Waals surface area contributed by atoms with Crippen molar-refractivity contribution in [2.45, 2.75) is 10.6 Å². The molecule has 2 aromatic heterocycles. The van der Waals surface area contributed by atoms with Crippen molar-refractivity contribution in [3.63, 3.8) is 0 Å². The van der Waals surface area contributed by atoms with Crippen molar-refractivity contribution in [1.29, 1.82) is 0 Å². The number of nitrogens with zero attached hydrogens (tertiary/aromatic N) is 2. The van der Waals surface area contributed by atoms with E-state index in [1.165, 1.54) is 49.4 Å². The van der Waals surface area contributed by atoms with Gasteiger partial charge in [0.25, 0.3) is 0 Å². The summed E-state index contributed by atoms with van der Waals surface area (Å²) in [4.78, 5) is 5.18. The van der Waals surface area contributed by atoms with E-state index >= 15 is 0 Å². The molecule has 0 radical (unpaired) electrons. The van der Waals surface area contributed by atoms with Gasteiger partial charge in [0.1, 0.15) is 56.2 Å². The summed E-state index contributed by atoms with van der Waals surface area (Å²) in [5, 5.41) is 18.8. The van der Waals surface area contributed by atoms with Crippen LogP contribution in [0.2, 0.25) is 5.11 Å². The molecule has 0 saturated heterocycles. The monoisotopic (exact) mass is 764 g/mol. The van der Waals surface area contributed by atoms with E-state index in [9.17, 15) is 5.11 Å². The third kappa shape index (κ3) is 5.58. The highest BCUT2D eigenvalue weighted by Crippen LogP contribution is 2.49. The highest BCUT2D eigenvalue weighted by Gasteiger charge is 2.41. The van der Waals surface area contributed by atoms with Gasteiger partial charge in [-0.15, -0.1) is 16.4 Å². The Kier molecular flexibility index (Phi) is 8.83. The summed E-state index contributed by atoms with van der Waals surface area (Å²) in [5.41, 5.74) is 16.9. The molecule has 4 nitrogen and oxygen atoms in total. The third-order valence-corrected chi connectivity index (χ3v) is 13.9. The number of hydrogen-bond acceptors (Lipinski definition) is 3. The Morgan fingerprint density at radius 1 is 0.500 bits per heavy atom. The van der Waals surface area contributed by atoms with E-state index in [0.717, 1.165) is 71.5 Å². The molecule has 10 aromatic rings. The molecule has 0 aliphatic rings. The molecule has 0 aliphatic carbocycles. The maximum Gasteiger partial charge on any atom is 0.150 e. The summed E-state index contributed by atoms with van der Waals surface area (Å²) >= 11 is 0. The number of rotatable bonds is 6. The summed E-state index contributed by atoms with van der Waals surface area (Å²) in [5.74, 6) is 0.616. The zero-order chi connectivity index (χ0) is 41.8. The van der Waals surface area contributed by atoms with Crippen LogP contribution in [0.5, 0.6) is 0 Å². The van der Waals surface area contributed by atoms with Gasteiger partial charge < -0.3 is 9.52 Å². The molecule has 0 saturated carbocycles. The summed E-state index contributed by atoms with van der Waals surface area (Å²) in [6.07, 6.45) is 0. The van der Waals surface area contributed by atoms with Crippen molar-refractivity contribution in [2.24, 2.45) is 0 Å². The van der Waals surface area contributed by atoms with Crippen LogP contribution < -0.4 is 27.3 Å².